The molecular weight excluding hydrogens is 376 g/mol. The van der Waals surface area contributed by atoms with Crippen molar-refractivity contribution in [2.75, 3.05) is 33.4 Å². The fraction of sp³-hybridized carbons (Fsp3) is 0.381. The van der Waals surface area contributed by atoms with Crippen LogP contribution in [0.15, 0.2) is 47.4 Å². The van der Waals surface area contributed by atoms with Crippen LogP contribution in [0, 0.1) is 25.2 Å². The zero-order chi connectivity index (χ0) is 20.6. The van der Waals surface area contributed by atoms with Crippen LogP contribution in [0.5, 0.6) is 5.75 Å². The predicted octanol–water partition coefficient (Wildman–Crippen LogP) is 3.28. The quantitative estimate of drug-likeness (QED) is 0.570. The molecular formula is C21H26N2O4S. The van der Waals surface area contributed by atoms with Crippen LogP contribution in [0.4, 0.5) is 0 Å². The van der Waals surface area contributed by atoms with Gasteiger partial charge in [-0.1, -0.05) is 12.1 Å². The van der Waals surface area contributed by atoms with E-state index in [2.05, 4.69) is 0 Å². The molecule has 0 aliphatic heterocycles. The fourth-order valence-electron chi connectivity index (χ4n) is 2.68. The Morgan fingerprint density at radius 2 is 1.75 bits per heavy atom. The van der Waals surface area contributed by atoms with Gasteiger partial charge in [0.05, 0.1) is 29.7 Å². The average Bonchev–Trinajstić information content (AvgIpc) is 2.69. The molecule has 0 atom stereocenters. The van der Waals surface area contributed by atoms with Crippen LogP contribution >= 0.6 is 0 Å². The van der Waals surface area contributed by atoms with Gasteiger partial charge in [0, 0.05) is 20.2 Å². The van der Waals surface area contributed by atoms with E-state index < -0.39 is 10.0 Å². The summed E-state index contributed by atoms with van der Waals surface area (Å²) in [5.41, 5.74) is 2.59. The van der Waals surface area contributed by atoms with Gasteiger partial charge in [0.15, 0.2) is 0 Å². The number of methoxy groups -OCH3 is 1. The molecule has 150 valence electrons. The van der Waals surface area contributed by atoms with Crippen molar-refractivity contribution in [2.45, 2.75) is 25.2 Å². The van der Waals surface area contributed by atoms with E-state index >= 15 is 0 Å². The van der Waals surface area contributed by atoms with Gasteiger partial charge in [-0.15, -0.1) is 0 Å². The van der Waals surface area contributed by atoms with Crippen LogP contribution in [0.2, 0.25) is 0 Å². The second kappa shape index (κ2) is 10.2. The summed E-state index contributed by atoms with van der Waals surface area (Å²) >= 11 is 0. The first-order valence-corrected chi connectivity index (χ1v) is 10.5. The fourth-order valence-corrected chi connectivity index (χ4v) is 4.14. The molecule has 28 heavy (non-hydrogen) atoms. The first-order valence-electron chi connectivity index (χ1n) is 9.08. The molecule has 2 aromatic carbocycles. The van der Waals surface area contributed by atoms with Crippen molar-refractivity contribution in [3.63, 3.8) is 0 Å². The predicted molar refractivity (Wildman–Crippen MR) is 108 cm³/mol. The molecule has 0 saturated heterocycles. The van der Waals surface area contributed by atoms with Crippen molar-refractivity contribution in [2.24, 2.45) is 0 Å². The summed E-state index contributed by atoms with van der Waals surface area (Å²) in [7, 11) is -2.13. The third kappa shape index (κ3) is 5.80. The maximum atomic E-state index is 12.9. The summed E-state index contributed by atoms with van der Waals surface area (Å²) < 4.78 is 38.2. The van der Waals surface area contributed by atoms with E-state index in [4.69, 9.17) is 14.7 Å². The molecule has 6 nitrogen and oxygen atoms in total. The van der Waals surface area contributed by atoms with Crippen LogP contribution in [-0.2, 0) is 14.8 Å². The number of hydrogen-bond donors (Lipinski definition) is 0. The normalized spacial score (nSPS) is 11.4. The number of nitriles is 1. The zero-order valence-electron chi connectivity index (χ0n) is 16.5. The van der Waals surface area contributed by atoms with Crippen LogP contribution in [-0.4, -0.2) is 46.1 Å². The molecule has 0 radical (unpaired) electrons. The highest BCUT2D eigenvalue weighted by Crippen LogP contribution is 2.20. The Kier molecular flexibility index (Phi) is 8.00. The number of benzene rings is 2. The Labute approximate surface area is 167 Å². The Bertz CT molecular complexity index is 918. The lowest BCUT2D eigenvalue weighted by atomic mass is 10.1. The van der Waals surface area contributed by atoms with Gasteiger partial charge in [-0.2, -0.15) is 9.57 Å². The standard InChI is InChI=1S/C21H26N2O4S/c1-17-5-6-18(2)21(15-17)27-13-4-11-23(12-14-26-3)28(24,25)20-9-7-19(16-22)8-10-20/h5-10,15H,4,11-14H2,1-3H3. The van der Waals surface area contributed by atoms with Gasteiger partial charge in [0.25, 0.3) is 0 Å². The van der Waals surface area contributed by atoms with Crippen molar-refractivity contribution in [3.05, 3.63) is 59.2 Å². The molecule has 0 spiro atoms. The molecule has 0 aromatic heterocycles. The van der Waals surface area contributed by atoms with E-state index in [0.717, 1.165) is 16.9 Å². The van der Waals surface area contributed by atoms with Gasteiger partial charge in [-0.3, -0.25) is 0 Å². The van der Waals surface area contributed by atoms with Gasteiger partial charge < -0.3 is 9.47 Å². The number of rotatable bonds is 10. The highest BCUT2D eigenvalue weighted by molar-refractivity contribution is 7.89. The third-order valence-corrected chi connectivity index (χ3v) is 6.23. The van der Waals surface area contributed by atoms with Gasteiger partial charge in [-0.05, 0) is 61.7 Å². The van der Waals surface area contributed by atoms with Crippen molar-refractivity contribution >= 4 is 10.0 Å². The van der Waals surface area contributed by atoms with E-state index in [1.807, 2.05) is 38.1 Å². The van der Waals surface area contributed by atoms with Crippen molar-refractivity contribution in [1.29, 1.82) is 5.26 Å². The van der Waals surface area contributed by atoms with Crippen LogP contribution < -0.4 is 4.74 Å². The molecule has 0 unspecified atom stereocenters. The van der Waals surface area contributed by atoms with E-state index in [0.29, 0.717) is 31.7 Å². The van der Waals surface area contributed by atoms with Crippen molar-refractivity contribution < 1.29 is 17.9 Å². The Hall–Kier alpha value is -2.40. The van der Waals surface area contributed by atoms with Crippen LogP contribution in [0.3, 0.4) is 0 Å². The minimum atomic E-state index is -3.67. The van der Waals surface area contributed by atoms with E-state index in [9.17, 15) is 8.42 Å². The van der Waals surface area contributed by atoms with Gasteiger partial charge >= 0.3 is 0 Å². The molecule has 0 aliphatic rings. The Morgan fingerprint density at radius 1 is 1.04 bits per heavy atom. The smallest absolute Gasteiger partial charge is 0.243 e. The SMILES string of the molecule is COCCN(CCCOc1cc(C)ccc1C)S(=O)(=O)c1ccc(C#N)cc1. The second-order valence-electron chi connectivity index (χ2n) is 6.50. The summed E-state index contributed by atoms with van der Waals surface area (Å²) in [6.07, 6.45) is 0.548. The molecule has 0 N–H and O–H groups in total. The summed E-state index contributed by atoms with van der Waals surface area (Å²) in [5, 5.41) is 8.89. The van der Waals surface area contributed by atoms with Gasteiger partial charge in [-0.25, -0.2) is 8.42 Å². The molecule has 0 heterocycles. The molecule has 2 aromatic rings. The average molecular weight is 403 g/mol. The van der Waals surface area contributed by atoms with Crippen LogP contribution in [0.1, 0.15) is 23.1 Å². The molecule has 0 bridgehead atoms. The summed E-state index contributed by atoms with van der Waals surface area (Å²) in [4.78, 5) is 0.165. The summed E-state index contributed by atoms with van der Waals surface area (Å²) in [6.45, 7) is 5.26. The highest BCUT2D eigenvalue weighted by atomic mass is 32.2. The van der Waals surface area contributed by atoms with Gasteiger partial charge in [0.1, 0.15) is 5.75 Å². The molecule has 0 aliphatic carbocycles. The van der Waals surface area contributed by atoms with Gasteiger partial charge in [0.2, 0.25) is 10.0 Å². The maximum Gasteiger partial charge on any atom is 0.243 e. The van der Waals surface area contributed by atoms with Crippen molar-refractivity contribution in [3.8, 4) is 11.8 Å². The lowest BCUT2D eigenvalue weighted by molar-refractivity contribution is 0.176. The van der Waals surface area contributed by atoms with E-state index in [-0.39, 0.29) is 11.4 Å². The van der Waals surface area contributed by atoms with E-state index in [1.54, 1.807) is 0 Å². The first-order chi connectivity index (χ1) is 13.4. The topological polar surface area (TPSA) is 79.6 Å². The Morgan fingerprint density at radius 3 is 2.39 bits per heavy atom. The van der Waals surface area contributed by atoms with E-state index in [1.165, 1.54) is 35.7 Å². The number of aryl methyl sites for hydroxylation is 2. The van der Waals surface area contributed by atoms with Crippen molar-refractivity contribution in [1.82, 2.24) is 4.31 Å². The lowest BCUT2D eigenvalue weighted by Gasteiger charge is -2.22. The lowest BCUT2D eigenvalue weighted by Crippen LogP contribution is -2.35. The monoisotopic (exact) mass is 402 g/mol. The summed E-state index contributed by atoms with van der Waals surface area (Å²) in [6, 6.07) is 13.9. The minimum Gasteiger partial charge on any atom is -0.493 e. The minimum absolute atomic E-state index is 0.165. The number of ether oxygens (including phenoxy) is 2. The molecule has 7 heteroatoms. The largest absolute Gasteiger partial charge is 0.493 e. The highest BCUT2D eigenvalue weighted by Gasteiger charge is 2.24. The third-order valence-electron chi connectivity index (χ3n) is 4.32. The zero-order valence-corrected chi connectivity index (χ0v) is 17.3. The number of sulfonamides is 1. The number of hydrogen-bond acceptors (Lipinski definition) is 5. The maximum absolute atomic E-state index is 12.9. The molecule has 0 fully saturated rings. The van der Waals surface area contributed by atoms with Crippen LogP contribution in [0.25, 0.3) is 0 Å². The first kappa shape index (κ1) is 21.9. The Balaban J connectivity index is 2.03. The molecule has 0 saturated carbocycles. The number of nitrogens with zero attached hydrogens (tertiary/aromatic N) is 2. The molecule has 0 amide bonds. The summed E-state index contributed by atoms with van der Waals surface area (Å²) in [5.74, 6) is 0.818. The molecule has 2 rings (SSSR count). The second-order valence-corrected chi connectivity index (χ2v) is 8.44.